The van der Waals surface area contributed by atoms with Crippen LogP contribution in [0.4, 0.5) is 15.2 Å². The summed E-state index contributed by atoms with van der Waals surface area (Å²) in [4.78, 5) is 11.8. The van der Waals surface area contributed by atoms with Crippen LogP contribution in [0, 0.1) is 5.82 Å². The van der Waals surface area contributed by atoms with Crippen molar-refractivity contribution in [2.24, 2.45) is 0 Å². The number of carbonyl (C=O) groups is 1. The van der Waals surface area contributed by atoms with Gasteiger partial charge in [-0.25, -0.2) is 4.39 Å². The van der Waals surface area contributed by atoms with Gasteiger partial charge in [0.25, 0.3) is 0 Å². The molecule has 0 aliphatic heterocycles. The van der Waals surface area contributed by atoms with Gasteiger partial charge >= 0.3 is 0 Å². The van der Waals surface area contributed by atoms with E-state index in [0.29, 0.717) is 15.2 Å². The van der Waals surface area contributed by atoms with Gasteiger partial charge in [0.15, 0.2) is 4.34 Å². The molecule has 0 bridgehead atoms. The Morgan fingerprint density at radius 2 is 2.30 bits per heavy atom. The lowest BCUT2D eigenvalue weighted by Gasteiger charge is -2.06. The summed E-state index contributed by atoms with van der Waals surface area (Å²) in [7, 11) is 1.75. The molecule has 1 heterocycles. The van der Waals surface area contributed by atoms with Gasteiger partial charge in [-0.3, -0.25) is 4.79 Å². The topological polar surface area (TPSA) is 66.9 Å². The van der Waals surface area contributed by atoms with Crippen LogP contribution in [0.15, 0.2) is 22.5 Å². The summed E-state index contributed by atoms with van der Waals surface area (Å²) in [5.74, 6) is -0.521. The van der Waals surface area contributed by atoms with Crippen LogP contribution in [0.25, 0.3) is 0 Å². The van der Waals surface area contributed by atoms with E-state index in [1.165, 1.54) is 35.2 Å². The van der Waals surface area contributed by atoms with E-state index < -0.39 is 5.82 Å². The van der Waals surface area contributed by atoms with Crippen LogP contribution in [0.2, 0.25) is 5.02 Å². The number of nitrogens with one attached hydrogen (secondary N) is 2. The van der Waals surface area contributed by atoms with Crippen LogP contribution in [-0.2, 0) is 4.79 Å². The molecule has 106 valence electrons. The Balaban J connectivity index is 1.89. The molecule has 0 spiro atoms. The highest BCUT2D eigenvalue weighted by Gasteiger charge is 2.09. The predicted molar refractivity (Wildman–Crippen MR) is 80.2 cm³/mol. The van der Waals surface area contributed by atoms with Gasteiger partial charge < -0.3 is 10.6 Å². The van der Waals surface area contributed by atoms with Crippen molar-refractivity contribution >= 4 is 51.4 Å². The van der Waals surface area contributed by atoms with Crippen molar-refractivity contribution in [1.82, 2.24) is 10.2 Å². The molecule has 2 rings (SSSR count). The molecule has 2 N–H and O–H groups in total. The zero-order chi connectivity index (χ0) is 14.5. The number of benzene rings is 1. The maximum Gasteiger partial charge on any atom is 0.234 e. The number of aromatic nitrogens is 2. The smallest absolute Gasteiger partial charge is 0.234 e. The molecule has 0 aliphatic rings. The number of amides is 1. The third kappa shape index (κ3) is 4.06. The van der Waals surface area contributed by atoms with E-state index in [4.69, 9.17) is 11.6 Å². The Morgan fingerprint density at radius 3 is 2.95 bits per heavy atom. The molecule has 0 fully saturated rings. The number of rotatable bonds is 5. The molecule has 1 amide bonds. The number of carbonyl (C=O) groups excluding carboxylic acids is 1. The van der Waals surface area contributed by atoms with E-state index in [1.54, 1.807) is 7.05 Å². The van der Waals surface area contributed by atoms with E-state index in [-0.39, 0.29) is 16.7 Å². The zero-order valence-corrected chi connectivity index (χ0v) is 12.7. The Labute approximate surface area is 127 Å². The molecule has 2 aromatic rings. The Hall–Kier alpha value is -1.38. The van der Waals surface area contributed by atoms with Gasteiger partial charge in [0.2, 0.25) is 11.0 Å². The molecule has 9 heteroatoms. The van der Waals surface area contributed by atoms with E-state index >= 15 is 0 Å². The minimum Gasteiger partial charge on any atom is -0.363 e. The fraction of sp³-hybridized carbons (Fsp3) is 0.182. The lowest BCUT2D eigenvalue weighted by Crippen LogP contribution is -2.14. The fourth-order valence-electron chi connectivity index (χ4n) is 1.27. The third-order valence-corrected chi connectivity index (χ3v) is 4.54. The number of halogens is 2. The van der Waals surface area contributed by atoms with Crippen molar-refractivity contribution in [1.29, 1.82) is 0 Å². The maximum atomic E-state index is 12.9. The van der Waals surface area contributed by atoms with E-state index in [9.17, 15) is 9.18 Å². The molecule has 0 atom stereocenters. The van der Waals surface area contributed by atoms with E-state index in [0.717, 1.165) is 6.07 Å². The lowest BCUT2D eigenvalue weighted by atomic mass is 10.3. The quantitative estimate of drug-likeness (QED) is 0.823. The number of hydrogen-bond acceptors (Lipinski definition) is 6. The lowest BCUT2D eigenvalue weighted by molar-refractivity contribution is -0.113. The molecular formula is C11H10ClFN4OS2. The summed E-state index contributed by atoms with van der Waals surface area (Å²) in [6.07, 6.45) is 0. The highest BCUT2D eigenvalue weighted by molar-refractivity contribution is 8.01. The molecule has 5 nitrogen and oxygen atoms in total. The van der Waals surface area contributed by atoms with E-state index in [2.05, 4.69) is 20.8 Å². The second-order valence-corrected chi connectivity index (χ2v) is 6.19. The molecule has 1 aromatic heterocycles. The summed E-state index contributed by atoms with van der Waals surface area (Å²) in [5, 5.41) is 14.1. The first kappa shape index (κ1) is 15.0. The number of thioether (sulfide) groups is 1. The van der Waals surface area contributed by atoms with Gasteiger partial charge in [0.1, 0.15) is 5.82 Å². The number of anilines is 2. The first-order chi connectivity index (χ1) is 9.58. The Bertz CT molecular complexity index is 622. The predicted octanol–water partition coefficient (Wildman–Crippen LogP) is 3.10. The molecule has 0 radical (unpaired) electrons. The molecule has 1 aromatic carbocycles. The third-order valence-electron chi connectivity index (χ3n) is 2.15. The normalized spacial score (nSPS) is 10.3. The molecular weight excluding hydrogens is 323 g/mol. The number of nitrogens with zero attached hydrogens (tertiary/aromatic N) is 2. The second kappa shape index (κ2) is 6.87. The van der Waals surface area contributed by atoms with Crippen molar-refractivity contribution in [3.05, 3.63) is 29.0 Å². The summed E-state index contributed by atoms with van der Waals surface area (Å²) < 4.78 is 13.6. The SMILES string of the molecule is CNc1nnc(SCC(=O)Nc2ccc(F)cc2Cl)s1. The molecule has 0 unspecified atom stereocenters. The molecule has 20 heavy (non-hydrogen) atoms. The average molecular weight is 333 g/mol. The van der Waals surface area contributed by atoms with Gasteiger partial charge in [0.05, 0.1) is 16.5 Å². The number of hydrogen-bond donors (Lipinski definition) is 2. The summed E-state index contributed by atoms with van der Waals surface area (Å²) in [6.45, 7) is 0. The van der Waals surface area contributed by atoms with Crippen molar-refractivity contribution in [3.63, 3.8) is 0 Å². The Kier molecular flexibility index (Phi) is 5.16. The Morgan fingerprint density at radius 1 is 1.50 bits per heavy atom. The minimum absolute atomic E-state index is 0.164. The van der Waals surface area contributed by atoms with Crippen molar-refractivity contribution in [2.45, 2.75) is 4.34 Å². The van der Waals surface area contributed by atoms with Crippen LogP contribution in [0.3, 0.4) is 0 Å². The van der Waals surface area contributed by atoms with Gasteiger partial charge in [-0.1, -0.05) is 34.7 Å². The van der Waals surface area contributed by atoms with E-state index in [1.807, 2.05) is 0 Å². The van der Waals surface area contributed by atoms with Crippen LogP contribution in [-0.4, -0.2) is 28.9 Å². The van der Waals surface area contributed by atoms with Crippen LogP contribution < -0.4 is 10.6 Å². The van der Waals surface area contributed by atoms with Crippen LogP contribution >= 0.6 is 34.7 Å². The summed E-state index contributed by atoms with van der Waals surface area (Å²) in [6, 6.07) is 3.80. The maximum absolute atomic E-state index is 12.9. The highest BCUT2D eigenvalue weighted by atomic mass is 35.5. The van der Waals surface area contributed by atoms with Gasteiger partial charge in [0, 0.05) is 7.05 Å². The fourth-order valence-corrected chi connectivity index (χ4v) is 2.99. The standard InChI is InChI=1S/C11H10ClFN4OS2/c1-14-10-16-17-11(20-10)19-5-9(18)15-8-3-2-6(13)4-7(8)12/h2-4H,5H2,1H3,(H,14,16)(H,15,18). The summed E-state index contributed by atoms with van der Waals surface area (Å²) in [5.41, 5.74) is 0.381. The first-order valence-corrected chi connectivity index (χ1v) is 7.65. The van der Waals surface area contributed by atoms with Gasteiger partial charge in [-0.2, -0.15) is 0 Å². The van der Waals surface area contributed by atoms with Crippen molar-refractivity contribution < 1.29 is 9.18 Å². The second-order valence-electron chi connectivity index (χ2n) is 3.58. The monoisotopic (exact) mass is 332 g/mol. The highest BCUT2D eigenvalue weighted by Crippen LogP contribution is 2.26. The molecule has 0 aliphatic carbocycles. The first-order valence-electron chi connectivity index (χ1n) is 5.47. The average Bonchev–Trinajstić information content (AvgIpc) is 2.88. The largest absolute Gasteiger partial charge is 0.363 e. The summed E-state index contributed by atoms with van der Waals surface area (Å²) >= 11 is 8.45. The van der Waals surface area contributed by atoms with Crippen LogP contribution in [0.5, 0.6) is 0 Å². The van der Waals surface area contributed by atoms with Crippen molar-refractivity contribution in [3.8, 4) is 0 Å². The van der Waals surface area contributed by atoms with Crippen molar-refractivity contribution in [2.75, 3.05) is 23.4 Å². The minimum atomic E-state index is -0.448. The zero-order valence-electron chi connectivity index (χ0n) is 10.3. The van der Waals surface area contributed by atoms with Gasteiger partial charge in [-0.05, 0) is 18.2 Å². The van der Waals surface area contributed by atoms with Gasteiger partial charge in [-0.15, -0.1) is 10.2 Å². The molecule has 0 saturated carbocycles. The molecule has 0 saturated heterocycles. The van der Waals surface area contributed by atoms with Crippen LogP contribution in [0.1, 0.15) is 0 Å².